The third kappa shape index (κ3) is 4.57. The number of hydrogen-bond donors (Lipinski definition) is 0. The van der Waals surface area contributed by atoms with Crippen molar-refractivity contribution < 1.29 is 27.1 Å². The first-order chi connectivity index (χ1) is 9.82. The second kappa shape index (κ2) is 7.61. The molecule has 0 aliphatic carbocycles. The van der Waals surface area contributed by atoms with Gasteiger partial charge in [0.2, 0.25) is 0 Å². The fourth-order valence-corrected chi connectivity index (χ4v) is 1.91. The Bertz CT molecular complexity index is 494. The SMILES string of the molecule is COCCN(CCCl)C(=O)c1cccc(C(F)(F)F)c1F. The maximum Gasteiger partial charge on any atom is 0.419 e. The summed E-state index contributed by atoms with van der Waals surface area (Å²) in [6, 6.07) is 2.60. The van der Waals surface area contributed by atoms with Gasteiger partial charge in [0, 0.05) is 26.1 Å². The summed E-state index contributed by atoms with van der Waals surface area (Å²) in [5.74, 6) is -2.35. The molecule has 0 radical (unpaired) electrons. The predicted octanol–water partition coefficient (Wildman–Crippen LogP) is 3.17. The highest BCUT2D eigenvalue weighted by Gasteiger charge is 2.36. The number of nitrogens with zero attached hydrogens (tertiary/aromatic N) is 1. The first-order valence-corrected chi connectivity index (χ1v) is 6.56. The molecule has 1 aromatic rings. The normalized spacial score (nSPS) is 11.5. The number of hydrogen-bond acceptors (Lipinski definition) is 2. The Morgan fingerprint density at radius 3 is 2.52 bits per heavy atom. The molecule has 1 rings (SSSR count). The molecule has 0 aliphatic rings. The molecule has 21 heavy (non-hydrogen) atoms. The Morgan fingerprint density at radius 2 is 2.00 bits per heavy atom. The third-order valence-corrected chi connectivity index (χ3v) is 2.91. The molecule has 1 amide bonds. The Hall–Kier alpha value is -1.34. The van der Waals surface area contributed by atoms with Crippen LogP contribution in [0.3, 0.4) is 0 Å². The largest absolute Gasteiger partial charge is 0.419 e. The first-order valence-electron chi connectivity index (χ1n) is 6.02. The van der Waals surface area contributed by atoms with Crippen molar-refractivity contribution in [3.05, 3.63) is 35.1 Å². The number of halogens is 5. The molecule has 118 valence electrons. The van der Waals surface area contributed by atoms with E-state index in [1.807, 2.05) is 0 Å². The highest BCUT2D eigenvalue weighted by atomic mass is 35.5. The van der Waals surface area contributed by atoms with Crippen LogP contribution in [-0.4, -0.2) is 43.5 Å². The maximum atomic E-state index is 13.9. The van der Waals surface area contributed by atoms with E-state index in [0.29, 0.717) is 6.07 Å². The third-order valence-electron chi connectivity index (χ3n) is 2.74. The number of methoxy groups -OCH3 is 1. The van der Waals surface area contributed by atoms with Crippen molar-refractivity contribution in [3.63, 3.8) is 0 Å². The van der Waals surface area contributed by atoms with Crippen molar-refractivity contribution in [2.24, 2.45) is 0 Å². The van der Waals surface area contributed by atoms with Crippen molar-refractivity contribution in [3.8, 4) is 0 Å². The average Bonchev–Trinajstić information content (AvgIpc) is 2.41. The van der Waals surface area contributed by atoms with Crippen molar-refractivity contribution in [1.82, 2.24) is 4.90 Å². The molecule has 0 bridgehead atoms. The molecular formula is C13H14ClF4NO2. The van der Waals surface area contributed by atoms with Gasteiger partial charge in [-0.2, -0.15) is 13.2 Å². The summed E-state index contributed by atoms with van der Waals surface area (Å²) in [5.41, 5.74) is -2.10. The molecular weight excluding hydrogens is 314 g/mol. The fraction of sp³-hybridized carbons (Fsp3) is 0.462. The lowest BCUT2D eigenvalue weighted by Gasteiger charge is -2.22. The second-order valence-corrected chi connectivity index (χ2v) is 4.52. The van der Waals surface area contributed by atoms with Crippen LogP contribution in [0.1, 0.15) is 15.9 Å². The zero-order chi connectivity index (χ0) is 16.0. The lowest BCUT2D eigenvalue weighted by atomic mass is 10.1. The minimum Gasteiger partial charge on any atom is -0.383 e. The van der Waals surface area contributed by atoms with E-state index in [0.717, 1.165) is 17.0 Å². The quantitative estimate of drug-likeness (QED) is 0.593. The number of rotatable bonds is 6. The molecule has 0 aromatic heterocycles. The molecule has 0 unspecified atom stereocenters. The molecule has 0 atom stereocenters. The van der Waals surface area contributed by atoms with Gasteiger partial charge in [0.25, 0.3) is 5.91 Å². The summed E-state index contributed by atoms with van der Waals surface area (Å²) in [5, 5.41) is 0. The van der Waals surface area contributed by atoms with Gasteiger partial charge in [0.05, 0.1) is 17.7 Å². The van der Waals surface area contributed by atoms with Crippen molar-refractivity contribution in [2.75, 3.05) is 32.7 Å². The monoisotopic (exact) mass is 327 g/mol. The smallest absolute Gasteiger partial charge is 0.383 e. The minimum atomic E-state index is -4.86. The van der Waals surface area contributed by atoms with E-state index in [1.54, 1.807) is 0 Å². The Labute approximate surface area is 124 Å². The van der Waals surface area contributed by atoms with Gasteiger partial charge in [-0.1, -0.05) is 6.07 Å². The summed E-state index contributed by atoms with van der Waals surface area (Å²) in [4.78, 5) is 13.3. The fourth-order valence-electron chi connectivity index (χ4n) is 1.70. The molecule has 1 aromatic carbocycles. The molecule has 3 nitrogen and oxygen atoms in total. The van der Waals surface area contributed by atoms with Gasteiger partial charge in [0.1, 0.15) is 5.82 Å². The van der Waals surface area contributed by atoms with Gasteiger partial charge >= 0.3 is 6.18 Å². The Morgan fingerprint density at radius 1 is 1.33 bits per heavy atom. The molecule has 0 saturated heterocycles. The van der Waals surface area contributed by atoms with Crippen LogP contribution in [-0.2, 0) is 10.9 Å². The molecule has 0 aliphatic heterocycles. The number of ether oxygens (including phenoxy) is 1. The van der Waals surface area contributed by atoms with E-state index in [4.69, 9.17) is 16.3 Å². The number of carbonyl (C=O) groups excluding carboxylic acids is 1. The van der Waals surface area contributed by atoms with E-state index >= 15 is 0 Å². The Kier molecular flexibility index (Phi) is 6.42. The molecule has 0 N–H and O–H groups in total. The van der Waals surface area contributed by atoms with Crippen LogP contribution < -0.4 is 0 Å². The van der Waals surface area contributed by atoms with E-state index in [2.05, 4.69) is 0 Å². The zero-order valence-electron chi connectivity index (χ0n) is 11.2. The topological polar surface area (TPSA) is 29.5 Å². The van der Waals surface area contributed by atoms with Gasteiger partial charge in [-0.25, -0.2) is 4.39 Å². The van der Waals surface area contributed by atoms with Crippen molar-refractivity contribution in [2.45, 2.75) is 6.18 Å². The van der Waals surface area contributed by atoms with Crippen molar-refractivity contribution in [1.29, 1.82) is 0 Å². The van der Waals surface area contributed by atoms with Gasteiger partial charge in [-0.15, -0.1) is 11.6 Å². The highest BCUT2D eigenvalue weighted by molar-refractivity contribution is 6.18. The van der Waals surface area contributed by atoms with Crippen molar-refractivity contribution >= 4 is 17.5 Å². The zero-order valence-corrected chi connectivity index (χ0v) is 12.0. The lowest BCUT2D eigenvalue weighted by molar-refractivity contribution is -0.140. The van der Waals surface area contributed by atoms with Crippen LogP contribution in [0, 0.1) is 5.82 Å². The van der Waals surface area contributed by atoms with E-state index in [-0.39, 0.29) is 25.6 Å². The van der Waals surface area contributed by atoms with Crippen LogP contribution in [0.4, 0.5) is 17.6 Å². The number of amides is 1. The first kappa shape index (κ1) is 17.7. The van der Waals surface area contributed by atoms with Crippen LogP contribution >= 0.6 is 11.6 Å². The second-order valence-electron chi connectivity index (χ2n) is 4.14. The average molecular weight is 328 g/mol. The van der Waals surface area contributed by atoms with E-state index in [1.165, 1.54) is 7.11 Å². The molecule has 0 spiro atoms. The number of alkyl halides is 4. The Balaban J connectivity index is 3.10. The molecule has 0 fully saturated rings. The van der Waals surface area contributed by atoms with Crippen LogP contribution in [0.25, 0.3) is 0 Å². The van der Waals surface area contributed by atoms with Gasteiger partial charge in [-0.3, -0.25) is 4.79 Å². The van der Waals surface area contributed by atoms with Gasteiger partial charge < -0.3 is 9.64 Å². The lowest BCUT2D eigenvalue weighted by Crippen LogP contribution is -2.36. The summed E-state index contributed by atoms with van der Waals surface area (Å²) in [6.07, 6.45) is -4.86. The summed E-state index contributed by atoms with van der Waals surface area (Å²) >= 11 is 5.54. The summed E-state index contributed by atoms with van der Waals surface area (Å²) < 4.78 is 56.6. The molecule has 0 heterocycles. The highest BCUT2D eigenvalue weighted by Crippen LogP contribution is 2.32. The summed E-state index contributed by atoms with van der Waals surface area (Å²) in [6.45, 7) is 0.361. The van der Waals surface area contributed by atoms with Crippen LogP contribution in [0.15, 0.2) is 18.2 Å². The molecule has 0 saturated carbocycles. The predicted molar refractivity (Wildman–Crippen MR) is 69.9 cm³/mol. The van der Waals surface area contributed by atoms with Gasteiger partial charge in [0.15, 0.2) is 0 Å². The van der Waals surface area contributed by atoms with Crippen LogP contribution in [0.5, 0.6) is 0 Å². The number of benzene rings is 1. The molecule has 8 heteroatoms. The van der Waals surface area contributed by atoms with Crippen LogP contribution in [0.2, 0.25) is 0 Å². The standard InChI is InChI=1S/C13H14ClF4NO2/c1-21-8-7-19(6-5-14)12(20)9-3-2-4-10(11(9)15)13(16,17)18/h2-4H,5-8H2,1H3. The summed E-state index contributed by atoms with van der Waals surface area (Å²) in [7, 11) is 1.41. The van der Waals surface area contributed by atoms with E-state index in [9.17, 15) is 22.4 Å². The minimum absolute atomic E-state index is 0.0794. The maximum absolute atomic E-state index is 13.9. The number of carbonyl (C=O) groups is 1. The van der Waals surface area contributed by atoms with E-state index < -0.39 is 29.0 Å². The van der Waals surface area contributed by atoms with Gasteiger partial charge in [-0.05, 0) is 12.1 Å².